The van der Waals surface area contributed by atoms with E-state index in [4.69, 9.17) is 0 Å². The van der Waals surface area contributed by atoms with Crippen molar-refractivity contribution < 1.29 is 5.11 Å². The number of aliphatic hydroxyl groups excluding tert-OH is 1. The van der Waals surface area contributed by atoms with Crippen molar-refractivity contribution in [2.75, 3.05) is 0 Å². The van der Waals surface area contributed by atoms with Crippen molar-refractivity contribution in [3.05, 3.63) is 0 Å². The van der Waals surface area contributed by atoms with Gasteiger partial charge in [-0.05, 0) is 40.5 Å². The van der Waals surface area contributed by atoms with Gasteiger partial charge in [0.15, 0.2) is 0 Å². The van der Waals surface area contributed by atoms with Crippen LogP contribution in [0.15, 0.2) is 0 Å². The predicted octanol–water partition coefficient (Wildman–Crippen LogP) is 2.41. The molecule has 84 valence electrons. The van der Waals surface area contributed by atoms with E-state index in [1.54, 1.807) is 0 Å². The summed E-state index contributed by atoms with van der Waals surface area (Å²) >= 11 is 0. The molecule has 0 aromatic carbocycles. The van der Waals surface area contributed by atoms with Gasteiger partial charge in [0.05, 0.1) is 6.10 Å². The molecule has 1 saturated carbocycles. The molecule has 0 saturated heterocycles. The summed E-state index contributed by atoms with van der Waals surface area (Å²) in [5.41, 5.74) is 0. The van der Waals surface area contributed by atoms with Gasteiger partial charge in [0.1, 0.15) is 0 Å². The Kier molecular flexibility index (Phi) is 4.39. The third-order valence-electron chi connectivity index (χ3n) is 3.27. The molecule has 0 aliphatic heterocycles. The maximum atomic E-state index is 10.00. The maximum Gasteiger partial charge on any atom is 0.0695 e. The minimum atomic E-state index is -0.103. The van der Waals surface area contributed by atoms with Crippen LogP contribution in [0.2, 0.25) is 0 Å². The molecular formula is C12H25NO. The minimum Gasteiger partial charge on any atom is -0.391 e. The first-order valence-corrected chi connectivity index (χ1v) is 5.99. The first-order chi connectivity index (χ1) is 6.54. The van der Waals surface area contributed by atoms with Crippen LogP contribution >= 0.6 is 0 Å². The third-order valence-corrected chi connectivity index (χ3v) is 3.27. The lowest BCUT2D eigenvalue weighted by Gasteiger charge is -2.42. The van der Waals surface area contributed by atoms with Gasteiger partial charge in [-0.3, -0.25) is 4.90 Å². The fourth-order valence-electron chi connectivity index (χ4n) is 2.80. The molecule has 2 atom stereocenters. The predicted molar refractivity (Wildman–Crippen MR) is 60.4 cm³/mol. The molecule has 2 heteroatoms. The summed E-state index contributed by atoms with van der Waals surface area (Å²) < 4.78 is 0. The van der Waals surface area contributed by atoms with Crippen LogP contribution < -0.4 is 0 Å². The molecule has 0 aromatic heterocycles. The van der Waals surface area contributed by atoms with Crippen LogP contribution in [-0.4, -0.2) is 34.2 Å². The van der Waals surface area contributed by atoms with E-state index < -0.39 is 0 Å². The van der Waals surface area contributed by atoms with Crippen LogP contribution in [0.1, 0.15) is 53.4 Å². The van der Waals surface area contributed by atoms with E-state index in [1.807, 2.05) is 0 Å². The highest BCUT2D eigenvalue weighted by atomic mass is 16.3. The molecule has 0 radical (unpaired) electrons. The van der Waals surface area contributed by atoms with Gasteiger partial charge >= 0.3 is 0 Å². The van der Waals surface area contributed by atoms with E-state index in [1.165, 1.54) is 12.8 Å². The maximum absolute atomic E-state index is 10.00. The normalized spacial score (nSPS) is 29.1. The van der Waals surface area contributed by atoms with Crippen molar-refractivity contribution in [1.82, 2.24) is 4.90 Å². The van der Waals surface area contributed by atoms with Gasteiger partial charge in [0.2, 0.25) is 0 Å². The van der Waals surface area contributed by atoms with Crippen LogP contribution in [0.3, 0.4) is 0 Å². The zero-order valence-corrected chi connectivity index (χ0v) is 10.0. The molecule has 1 aliphatic rings. The van der Waals surface area contributed by atoms with Crippen LogP contribution in [0.25, 0.3) is 0 Å². The fraction of sp³-hybridized carbons (Fsp3) is 1.00. The van der Waals surface area contributed by atoms with Crippen molar-refractivity contribution in [2.45, 2.75) is 77.6 Å². The van der Waals surface area contributed by atoms with Crippen molar-refractivity contribution in [1.29, 1.82) is 0 Å². The van der Waals surface area contributed by atoms with Gasteiger partial charge in [-0.15, -0.1) is 0 Å². The largest absolute Gasteiger partial charge is 0.391 e. The van der Waals surface area contributed by atoms with E-state index in [-0.39, 0.29) is 6.10 Å². The Morgan fingerprint density at radius 3 is 1.93 bits per heavy atom. The number of hydrogen-bond donors (Lipinski definition) is 1. The van der Waals surface area contributed by atoms with Gasteiger partial charge in [0, 0.05) is 18.1 Å². The van der Waals surface area contributed by atoms with Crippen LogP contribution in [0, 0.1) is 0 Å². The van der Waals surface area contributed by atoms with E-state index in [0.717, 1.165) is 12.8 Å². The molecule has 14 heavy (non-hydrogen) atoms. The zero-order chi connectivity index (χ0) is 10.7. The highest BCUT2D eigenvalue weighted by Gasteiger charge is 2.31. The Labute approximate surface area is 88.3 Å². The standard InChI is InChI=1S/C12H25NO/c1-9(2)13(10(3)4)11-7-5-6-8-12(11)14/h9-12,14H,5-8H2,1-4H3. The first kappa shape index (κ1) is 12.0. The topological polar surface area (TPSA) is 23.5 Å². The highest BCUT2D eigenvalue weighted by molar-refractivity contribution is 4.86. The molecule has 1 fully saturated rings. The molecule has 0 heterocycles. The lowest BCUT2D eigenvalue weighted by atomic mass is 9.90. The number of hydrogen-bond acceptors (Lipinski definition) is 2. The molecule has 2 nitrogen and oxygen atoms in total. The van der Waals surface area contributed by atoms with E-state index in [9.17, 15) is 5.11 Å². The molecular weight excluding hydrogens is 174 g/mol. The highest BCUT2D eigenvalue weighted by Crippen LogP contribution is 2.26. The summed E-state index contributed by atoms with van der Waals surface area (Å²) in [4.78, 5) is 2.46. The second-order valence-corrected chi connectivity index (χ2v) is 5.05. The first-order valence-electron chi connectivity index (χ1n) is 5.99. The smallest absolute Gasteiger partial charge is 0.0695 e. The molecule has 1 N–H and O–H groups in total. The summed E-state index contributed by atoms with van der Waals surface area (Å²) in [6.07, 6.45) is 4.52. The van der Waals surface area contributed by atoms with Crippen LogP contribution in [0.4, 0.5) is 0 Å². The Balaban J connectivity index is 2.65. The van der Waals surface area contributed by atoms with Gasteiger partial charge in [-0.2, -0.15) is 0 Å². The summed E-state index contributed by atoms with van der Waals surface area (Å²) in [7, 11) is 0. The number of rotatable bonds is 3. The van der Waals surface area contributed by atoms with Gasteiger partial charge in [0.25, 0.3) is 0 Å². The van der Waals surface area contributed by atoms with E-state index in [0.29, 0.717) is 18.1 Å². The monoisotopic (exact) mass is 199 g/mol. The van der Waals surface area contributed by atoms with E-state index in [2.05, 4.69) is 32.6 Å². The lowest BCUT2D eigenvalue weighted by Crippen LogP contribution is -2.51. The summed E-state index contributed by atoms with van der Waals surface area (Å²) in [5, 5.41) is 10.00. The summed E-state index contributed by atoms with van der Waals surface area (Å²) in [6, 6.07) is 1.46. The molecule has 1 aliphatic carbocycles. The van der Waals surface area contributed by atoms with Gasteiger partial charge in [-0.25, -0.2) is 0 Å². The minimum absolute atomic E-state index is 0.103. The number of nitrogens with zero attached hydrogens (tertiary/aromatic N) is 1. The Morgan fingerprint density at radius 2 is 1.50 bits per heavy atom. The third kappa shape index (κ3) is 2.71. The average molecular weight is 199 g/mol. The molecule has 0 spiro atoms. The van der Waals surface area contributed by atoms with Crippen LogP contribution in [0.5, 0.6) is 0 Å². The van der Waals surface area contributed by atoms with Crippen molar-refractivity contribution in [3.63, 3.8) is 0 Å². The Bertz CT molecular complexity index is 160. The van der Waals surface area contributed by atoms with Gasteiger partial charge in [-0.1, -0.05) is 12.8 Å². The zero-order valence-electron chi connectivity index (χ0n) is 10.0. The average Bonchev–Trinajstić information content (AvgIpc) is 2.07. The molecule has 0 aromatic rings. The lowest BCUT2D eigenvalue weighted by molar-refractivity contribution is -0.0112. The van der Waals surface area contributed by atoms with Crippen molar-refractivity contribution >= 4 is 0 Å². The van der Waals surface area contributed by atoms with Gasteiger partial charge < -0.3 is 5.11 Å². The summed E-state index contributed by atoms with van der Waals surface area (Å²) in [5.74, 6) is 0. The van der Waals surface area contributed by atoms with Crippen LogP contribution in [-0.2, 0) is 0 Å². The van der Waals surface area contributed by atoms with E-state index >= 15 is 0 Å². The molecule has 1 rings (SSSR count). The molecule has 0 amide bonds. The summed E-state index contributed by atoms with van der Waals surface area (Å²) in [6.45, 7) is 8.89. The Morgan fingerprint density at radius 1 is 1.00 bits per heavy atom. The SMILES string of the molecule is CC(C)N(C(C)C)C1CCCCC1O. The Hall–Kier alpha value is -0.0800. The second-order valence-electron chi connectivity index (χ2n) is 5.05. The quantitative estimate of drug-likeness (QED) is 0.754. The van der Waals surface area contributed by atoms with Crippen molar-refractivity contribution in [2.24, 2.45) is 0 Å². The molecule has 0 bridgehead atoms. The second kappa shape index (κ2) is 5.13. The number of aliphatic hydroxyl groups is 1. The molecule has 2 unspecified atom stereocenters. The van der Waals surface area contributed by atoms with Crippen molar-refractivity contribution in [3.8, 4) is 0 Å². The fourth-order valence-corrected chi connectivity index (χ4v) is 2.80.